The Bertz CT molecular complexity index is 867. The highest BCUT2D eigenvalue weighted by Gasteiger charge is 2.21. The molecule has 0 radical (unpaired) electrons. The smallest absolute Gasteiger partial charge is 0.242 e. The monoisotopic (exact) mass is 458 g/mol. The van der Waals surface area contributed by atoms with Crippen molar-refractivity contribution in [2.24, 2.45) is 0 Å². The van der Waals surface area contributed by atoms with Crippen molar-refractivity contribution in [3.8, 4) is 10.6 Å². The first-order valence-corrected chi connectivity index (χ1v) is 12.0. The second-order valence-corrected chi connectivity index (χ2v) is 8.94. The number of Topliss-reactive ketones (excluding diaryl/α,β-unsaturated/α-hetero) is 1. The predicted molar refractivity (Wildman–Crippen MR) is 128 cm³/mol. The van der Waals surface area contributed by atoms with Crippen LogP contribution < -0.4 is 10.6 Å². The van der Waals surface area contributed by atoms with Crippen LogP contribution in [0.25, 0.3) is 10.6 Å². The van der Waals surface area contributed by atoms with Crippen LogP contribution in [0.5, 0.6) is 0 Å². The molecule has 2 N–H and O–H groups in total. The van der Waals surface area contributed by atoms with Crippen molar-refractivity contribution in [1.29, 1.82) is 0 Å². The van der Waals surface area contributed by atoms with E-state index in [9.17, 15) is 14.4 Å². The summed E-state index contributed by atoms with van der Waals surface area (Å²) in [7, 11) is 3.62. The third kappa shape index (κ3) is 9.28. The minimum atomic E-state index is -0.600. The van der Waals surface area contributed by atoms with E-state index in [0.717, 1.165) is 35.5 Å². The number of thiazole rings is 1. The summed E-state index contributed by atoms with van der Waals surface area (Å²) in [5, 5.41) is 8.61. The van der Waals surface area contributed by atoms with Gasteiger partial charge in [0.2, 0.25) is 11.8 Å². The summed E-state index contributed by atoms with van der Waals surface area (Å²) in [5.74, 6) is -0.135. The van der Waals surface area contributed by atoms with E-state index in [0.29, 0.717) is 25.8 Å². The second kappa shape index (κ2) is 13.8. The zero-order valence-corrected chi connectivity index (χ0v) is 20.0. The molecule has 1 heterocycles. The predicted octanol–water partition coefficient (Wildman–Crippen LogP) is 3.40. The SMILES string of the molecule is CCC(=O)CCCCC[C@H](NC(=O)CN(C)C)C(=O)NCc1csc(-c2ccccc2)n1. The van der Waals surface area contributed by atoms with Gasteiger partial charge in [-0.3, -0.25) is 14.4 Å². The van der Waals surface area contributed by atoms with Crippen molar-refractivity contribution in [3.63, 3.8) is 0 Å². The topological polar surface area (TPSA) is 91.4 Å². The van der Waals surface area contributed by atoms with Gasteiger partial charge in [-0.25, -0.2) is 4.98 Å². The summed E-state index contributed by atoms with van der Waals surface area (Å²) in [6, 6.07) is 9.31. The third-order valence-electron chi connectivity index (χ3n) is 4.97. The minimum Gasteiger partial charge on any atom is -0.349 e. The molecule has 7 nitrogen and oxygen atoms in total. The molecule has 32 heavy (non-hydrogen) atoms. The Kier molecular flexibility index (Phi) is 11.0. The molecule has 0 fully saturated rings. The third-order valence-corrected chi connectivity index (χ3v) is 5.91. The van der Waals surface area contributed by atoms with Crippen LogP contribution in [0.4, 0.5) is 0 Å². The fourth-order valence-electron chi connectivity index (χ4n) is 3.22. The molecule has 2 amide bonds. The second-order valence-electron chi connectivity index (χ2n) is 8.08. The largest absolute Gasteiger partial charge is 0.349 e. The molecular weight excluding hydrogens is 424 g/mol. The van der Waals surface area contributed by atoms with Crippen LogP contribution in [0.2, 0.25) is 0 Å². The molecule has 2 rings (SSSR count). The lowest BCUT2D eigenvalue weighted by molar-refractivity contribution is -0.129. The first kappa shape index (κ1) is 25.7. The molecule has 0 unspecified atom stereocenters. The zero-order chi connectivity index (χ0) is 23.3. The maximum absolute atomic E-state index is 12.8. The molecule has 0 aliphatic carbocycles. The van der Waals surface area contributed by atoms with E-state index in [4.69, 9.17) is 0 Å². The van der Waals surface area contributed by atoms with Crippen LogP contribution in [-0.2, 0) is 20.9 Å². The van der Waals surface area contributed by atoms with Crippen LogP contribution in [0.1, 0.15) is 51.1 Å². The number of carbonyl (C=O) groups is 3. The van der Waals surface area contributed by atoms with E-state index in [1.807, 2.05) is 56.7 Å². The summed E-state index contributed by atoms with van der Waals surface area (Å²) < 4.78 is 0. The summed E-state index contributed by atoms with van der Waals surface area (Å²) in [6.45, 7) is 2.41. The van der Waals surface area contributed by atoms with Crippen molar-refractivity contribution in [1.82, 2.24) is 20.5 Å². The Hall–Kier alpha value is -2.58. The quantitative estimate of drug-likeness (QED) is 0.424. The summed E-state index contributed by atoms with van der Waals surface area (Å²) in [5.41, 5.74) is 1.84. The molecule has 0 saturated heterocycles. The van der Waals surface area contributed by atoms with Crippen LogP contribution in [0.15, 0.2) is 35.7 Å². The number of ketones is 1. The lowest BCUT2D eigenvalue weighted by Crippen LogP contribution is -2.48. The fraction of sp³-hybridized carbons (Fsp3) is 0.500. The van der Waals surface area contributed by atoms with Gasteiger partial charge in [0.1, 0.15) is 16.8 Å². The molecule has 0 saturated carbocycles. The van der Waals surface area contributed by atoms with Crippen molar-refractivity contribution in [3.05, 3.63) is 41.4 Å². The molecule has 8 heteroatoms. The Morgan fingerprint density at radius 3 is 2.53 bits per heavy atom. The minimum absolute atomic E-state index is 0.184. The van der Waals surface area contributed by atoms with Crippen LogP contribution >= 0.6 is 11.3 Å². The van der Waals surface area contributed by atoms with Crippen LogP contribution in [0, 0.1) is 0 Å². The maximum Gasteiger partial charge on any atom is 0.242 e. The van der Waals surface area contributed by atoms with Crippen molar-refractivity contribution in [2.45, 2.75) is 58.0 Å². The van der Waals surface area contributed by atoms with Crippen LogP contribution in [0.3, 0.4) is 0 Å². The molecular formula is C24H34N4O3S. The molecule has 0 spiro atoms. The molecule has 0 bridgehead atoms. The average Bonchev–Trinajstić information content (AvgIpc) is 3.25. The Labute approximate surface area is 194 Å². The van der Waals surface area contributed by atoms with Gasteiger partial charge in [-0.15, -0.1) is 11.3 Å². The lowest BCUT2D eigenvalue weighted by Gasteiger charge is -2.19. The molecule has 2 aromatic rings. The summed E-state index contributed by atoms with van der Waals surface area (Å²) in [4.78, 5) is 42.9. The van der Waals surface area contributed by atoms with Crippen LogP contribution in [-0.4, -0.2) is 54.2 Å². The molecule has 0 aliphatic rings. The number of carbonyl (C=O) groups excluding carboxylic acids is 3. The van der Waals surface area contributed by atoms with E-state index in [1.54, 1.807) is 4.90 Å². The highest BCUT2D eigenvalue weighted by Crippen LogP contribution is 2.23. The lowest BCUT2D eigenvalue weighted by atomic mass is 10.0. The Balaban J connectivity index is 1.89. The summed E-state index contributed by atoms with van der Waals surface area (Å²) >= 11 is 1.54. The van der Waals surface area contributed by atoms with E-state index in [1.165, 1.54) is 11.3 Å². The standard InChI is InChI=1S/C24H34N4O3S/c1-4-20(29)13-9-6-10-14-21(27-22(30)16-28(2)3)23(31)25-15-19-17-32-24(26-19)18-11-7-5-8-12-18/h5,7-8,11-12,17,21H,4,6,9-10,13-16H2,1-3H3,(H,25,31)(H,27,30)/t21-/m0/s1. The maximum atomic E-state index is 12.8. The number of nitrogens with one attached hydrogen (secondary N) is 2. The van der Waals surface area contributed by atoms with Gasteiger partial charge < -0.3 is 15.5 Å². The van der Waals surface area contributed by atoms with E-state index in [-0.39, 0.29) is 24.1 Å². The number of hydrogen-bond donors (Lipinski definition) is 2. The van der Waals surface area contributed by atoms with Crippen molar-refractivity contribution >= 4 is 28.9 Å². The van der Waals surface area contributed by atoms with Gasteiger partial charge in [-0.1, -0.05) is 50.1 Å². The highest BCUT2D eigenvalue weighted by molar-refractivity contribution is 7.13. The normalized spacial score (nSPS) is 11.9. The van der Waals surface area contributed by atoms with Gasteiger partial charge in [0.05, 0.1) is 18.8 Å². The number of hydrogen-bond acceptors (Lipinski definition) is 6. The van der Waals surface area contributed by atoms with Gasteiger partial charge in [-0.2, -0.15) is 0 Å². The molecule has 174 valence electrons. The number of likely N-dealkylation sites (N-methyl/N-ethyl adjacent to an activating group) is 1. The fourth-order valence-corrected chi connectivity index (χ4v) is 4.05. The first-order valence-electron chi connectivity index (χ1n) is 11.1. The van der Waals surface area contributed by atoms with Crippen molar-refractivity contribution < 1.29 is 14.4 Å². The zero-order valence-electron chi connectivity index (χ0n) is 19.2. The highest BCUT2D eigenvalue weighted by atomic mass is 32.1. The first-order chi connectivity index (χ1) is 15.4. The average molecular weight is 459 g/mol. The number of benzene rings is 1. The van der Waals surface area contributed by atoms with Crippen molar-refractivity contribution in [2.75, 3.05) is 20.6 Å². The van der Waals surface area contributed by atoms with E-state index in [2.05, 4.69) is 15.6 Å². The van der Waals surface area contributed by atoms with E-state index < -0.39 is 6.04 Å². The molecule has 1 atom stereocenters. The summed E-state index contributed by atoms with van der Waals surface area (Å²) in [6.07, 6.45) is 4.12. The molecule has 0 aliphatic heterocycles. The van der Waals surface area contributed by atoms with Gasteiger partial charge in [0, 0.05) is 23.8 Å². The molecule has 1 aromatic carbocycles. The molecule has 1 aromatic heterocycles. The number of unbranched alkanes of at least 4 members (excludes halogenated alkanes) is 2. The van der Waals surface area contributed by atoms with E-state index >= 15 is 0 Å². The number of rotatable bonds is 14. The Morgan fingerprint density at radius 1 is 1.09 bits per heavy atom. The number of aromatic nitrogens is 1. The van der Waals surface area contributed by atoms with Gasteiger partial charge in [-0.05, 0) is 26.9 Å². The number of nitrogens with zero attached hydrogens (tertiary/aromatic N) is 2. The number of amides is 2. The Morgan fingerprint density at radius 2 is 1.84 bits per heavy atom. The van der Waals surface area contributed by atoms with Gasteiger partial charge in [0.15, 0.2) is 0 Å². The van der Waals surface area contributed by atoms with Gasteiger partial charge in [0.25, 0.3) is 0 Å². The van der Waals surface area contributed by atoms with Gasteiger partial charge >= 0.3 is 0 Å².